The van der Waals surface area contributed by atoms with E-state index in [2.05, 4.69) is 10.2 Å². The molecular formula is C17H32N2O2. The third-order valence-corrected chi connectivity index (χ3v) is 5.16. The number of amides is 1. The van der Waals surface area contributed by atoms with Crippen LogP contribution >= 0.6 is 0 Å². The van der Waals surface area contributed by atoms with Crippen LogP contribution in [0.1, 0.15) is 64.2 Å². The van der Waals surface area contributed by atoms with E-state index in [1.54, 1.807) is 0 Å². The minimum absolute atomic E-state index is 0.163. The number of aliphatic hydroxyl groups is 1. The fraction of sp³-hybridized carbons (Fsp3) is 0.941. The van der Waals surface area contributed by atoms with Gasteiger partial charge >= 0.3 is 0 Å². The average Bonchev–Trinajstić information content (AvgIpc) is 2.50. The maximum atomic E-state index is 12.1. The zero-order chi connectivity index (χ0) is 14.9. The number of nitrogens with zero attached hydrogens (tertiary/aromatic N) is 1. The Balaban J connectivity index is 1.63. The molecule has 0 aromatic rings. The molecule has 1 atom stereocenters. The molecule has 122 valence electrons. The molecule has 1 heterocycles. The van der Waals surface area contributed by atoms with Crippen LogP contribution in [-0.2, 0) is 4.79 Å². The summed E-state index contributed by atoms with van der Waals surface area (Å²) in [4.78, 5) is 14.3. The molecule has 4 nitrogen and oxygen atoms in total. The van der Waals surface area contributed by atoms with E-state index >= 15 is 0 Å². The van der Waals surface area contributed by atoms with Crippen molar-refractivity contribution in [2.45, 2.75) is 70.3 Å². The van der Waals surface area contributed by atoms with E-state index in [0.29, 0.717) is 12.6 Å². The smallest absolute Gasteiger partial charge is 0.234 e. The lowest BCUT2D eigenvalue weighted by Crippen LogP contribution is -2.46. The molecule has 2 aliphatic rings. The van der Waals surface area contributed by atoms with Crippen LogP contribution in [0, 0.1) is 5.92 Å². The van der Waals surface area contributed by atoms with Crippen molar-refractivity contribution in [3.8, 4) is 0 Å². The van der Waals surface area contributed by atoms with E-state index in [4.69, 9.17) is 5.11 Å². The fourth-order valence-electron chi connectivity index (χ4n) is 3.88. The number of likely N-dealkylation sites (tertiary alicyclic amines) is 1. The molecule has 0 radical (unpaired) electrons. The molecule has 1 saturated heterocycles. The number of nitrogens with one attached hydrogen (secondary N) is 1. The van der Waals surface area contributed by atoms with Crippen LogP contribution in [0.25, 0.3) is 0 Å². The van der Waals surface area contributed by atoms with Crippen LogP contribution in [0.5, 0.6) is 0 Å². The van der Waals surface area contributed by atoms with Gasteiger partial charge in [0.05, 0.1) is 6.54 Å². The molecular weight excluding hydrogens is 264 g/mol. The van der Waals surface area contributed by atoms with Crippen molar-refractivity contribution in [1.29, 1.82) is 0 Å². The molecule has 0 aromatic heterocycles. The highest BCUT2D eigenvalue weighted by Crippen LogP contribution is 2.25. The molecule has 2 fully saturated rings. The van der Waals surface area contributed by atoms with Crippen LogP contribution in [0.4, 0.5) is 0 Å². The summed E-state index contributed by atoms with van der Waals surface area (Å²) in [6, 6.07) is 0.396. The van der Waals surface area contributed by atoms with Crippen molar-refractivity contribution in [3.63, 3.8) is 0 Å². The number of carbonyl (C=O) groups excluding carboxylic acids is 1. The maximum Gasteiger partial charge on any atom is 0.234 e. The Bertz CT molecular complexity index is 301. The first-order valence-electron chi connectivity index (χ1n) is 8.91. The largest absolute Gasteiger partial charge is 0.396 e. The molecule has 1 amide bonds. The van der Waals surface area contributed by atoms with E-state index in [1.807, 2.05) is 0 Å². The van der Waals surface area contributed by atoms with Gasteiger partial charge in [-0.2, -0.15) is 0 Å². The lowest BCUT2D eigenvalue weighted by Gasteiger charge is -2.34. The first kappa shape index (κ1) is 16.8. The summed E-state index contributed by atoms with van der Waals surface area (Å²) in [7, 11) is 0. The van der Waals surface area contributed by atoms with Gasteiger partial charge in [-0.15, -0.1) is 0 Å². The van der Waals surface area contributed by atoms with Crippen molar-refractivity contribution < 1.29 is 9.90 Å². The lowest BCUT2D eigenvalue weighted by molar-refractivity contribution is -0.123. The van der Waals surface area contributed by atoms with Gasteiger partial charge in [0.1, 0.15) is 0 Å². The fourth-order valence-corrected chi connectivity index (χ4v) is 3.88. The summed E-state index contributed by atoms with van der Waals surface area (Å²) < 4.78 is 0. The SMILES string of the molecule is O=C(CN1CCCCC1CCO)NCCC1CCCCC1. The Kier molecular flexibility index (Phi) is 7.51. The van der Waals surface area contributed by atoms with E-state index in [1.165, 1.54) is 44.9 Å². The molecule has 1 aliphatic carbocycles. The van der Waals surface area contributed by atoms with Crippen molar-refractivity contribution in [2.75, 3.05) is 26.2 Å². The van der Waals surface area contributed by atoms with Crippen molar-refractivity contribution in [3.05, 3.63) is 0 Å². The summed E-state index contributed by atoms with van der Waals surface area (Å²) in [6.45, 7) is 2.57. The molecule has 0 spiro atoms. The highest BCUT2D eigenvalue weighted by molar-refractivity contribution is 5.78. The van der Waals surface area contributed by atoms with Crippen LogP contribution < -0.4 is 5.32 Å². The number of carbonyl (C=O) groups is 1. The predicted octanol–water partition coefficient (Wildman–Crippen LogP) is 2.31. The summed E-state index contributed by atoms with van der Waals surface area (Å²) >= 11 is 0. The van der Waals surface area contributed by atoms with E-state index < -0.39 is 0 Å². The summed E-state index contributed by atoms with van der Waals surface area (Å²) in [6.07, 6.45) is 12.3. The highest BCUT2D eigenvalue weighted by atomic mass is 16.3. The highest BCUT2D eigenvalue weighted by Gasteiger charge is 2.23. The number of aliphatic hydroxyl groups excluding tert-OH is 1. The molecule has 21 heavy (non-hydrogen) atoms. The lowest BCUT2D eigenvalue weighted by atomic mass is 9.87. The second-order valence-corrected chi connectivity index (χ2v) is 6.78. The van der Waals surface area contributed by atoms with Gasteiger partial charge in [-0.3, -0.25) is 9.69 Å². The summed E-state index contributed by atoms with van der Waals surface area (Å²) in [5.41, 5.74) is 0. The zero-order valence-electron chi connectivity index (χ0n) is 13.4. The van der Waals surface area contributed by atoms with Crippen LogP contribution in [0.2, 0.25) is 0 Å². The summed E-state index contributed by atoms with van der Waals surface area (Å²) in [5.74, 6) is 0.992. The Morgan fingerprint density at radius 2 is 1.81 bits per heavy atom. The van der Waals surface area contributed by atoms with Gasteiger partial charge in [-0.1, -0.05) is 38.5 Å². The molecule has 0 bridgehead atoms. The van der Waals surface area contributed by atoms with Gasteiger partial charge in [-0.05, 0) is 38.1 Å². The normalized spacial score (nSPS) is 24.9. The number of piperidine rings is 1. The molecule has 1 aliphatic heterocycles. The molecule has 2 N–H and O–H groups in total. The van der Waals surface area contributed by atoms with Gasteiger partial charge in [0.15, 0.2) is 0 Å². The first-order chi connectivity index (χ1) is 10.3. The van der Waals surface area contributed by atoms with Crippen LogP contribution in [0.15, 0.2) is 0 Å². The standard InChI is InChI=1S/C17H32N2O2/c20-13-10-16-8-4-5-12-19(16)14-17(21)18-11-9-15-6-2-1-3-7-15/h15-16,20H,1-14H2,(H,18,21). The Hall–Kier alpha value is -0.610. The third-order valence-electron chi connectivity index (χ3n) is 5.16. The molecule has 4 heteroatoms. The Morgan fingerprint density at radius 1 is 1.05 bits per heavy atom. The minimum Gasteiger partial charge on any atom is -0.396 e. The molecule has 0 aromatic carbocycles. The summed E-state index contributed by atoms with van der Waals surface area (Å²) in [5, 5.41) is 12.2. The van der Waals surface area contributed by atoms with Crippen LogP contribution in [-0.4, -0.2) is 48.2 Å². The topological polar surface area (TPSA) is 52.6 Å². The second kappa shape index (κ2) is 9.42. The zero-order valence-corrected chi connectivity index (χ0v) is 13.4. The van der Waals surface area contributed by atoms with Crippen molar-refractivity contribution in [2.24, 2.45) is 5.92 Å². The molecule has 1 saturated carbocycles. The van der Waals surface area contributed by atoms with Gasteiger partial charge in [-0.25, -0.2) is 0 Å². The van der Waals surface area contributed by atoms with Gasteiger partial charge in [0.2, 0.25) is 5.91 Å². The average molecular weight is 296 g/mol. The maximum absolute atomic E-state index is 12.1. The van der Waals surface area contributed by atoms with Gasteiger partial charge < -0.3 is 10.4 Å². The monoisotopic (exact) mass is 296 g/mol. The molecule has 1 unspecified atom stereocenters. The van der Waals surface area contributed by atoms with Crippen molar-refractivity contribution in [1.82, 2.24) is 10.2 Å². The Morgan fingerprint density at radius 3 is 2.57 bits per heavy atom. The quantitative estimate of drug-likeness (QED) is 0.758. The van der Waals surface area contributed by atoms with E-state index in [9.17, 15) is 4.79 Å². The van der Waals surface area contributed by atoms with Crippen LogP contribution in [0.3, 0.4) is 0 Å². The number of hydrogen-bond acceptors (Lipinski definition) is 3. The second-order valence-electron chi connectivity index (χ2n) is 6.78. The first-order valence-corrected chi connectivity index (χ1v) is 8.91. The number of hydrogen-bond donors (Lipinski definition) is 2. The Labute approximate surface area is 129 Å². The number of rotatable bonds is 7. The molecule has 2 rings (SSSR count). The third kappa shape index (κ3) is 5.95. The van der Waals surface area contributed by atoms with E-state index in [0.717, 1.165) is 38.3 Å². The van der Waals surface area contributed by atoms with Gasteiger partial charge in [0, 0.05) is 19.2 Å². The van der Waals surface area contributed by atoms with Crippen molar-refractivity contribution >= 4 is 5.91 Å². The predicted molar refractivity (Wildman–Crippen MR) is 85.1 cm³/mol. The van der Waals surface area contributed by atoms with E-state index in [-0.39, 0.29) is 12.5 Å². The minimum atomic E-state index is 0.163. The van der Waals surface area contributed by atoms with Gasteiger partial charge in [0.25, 0.3) is 0 Å².